The normalized spacial score (nSPS) is 11.9. The maximum absolute atomic E-state index is 6.25. The van der Waals surface area contributed by atoms with Gasteiger partial charge < -0.3 is 5.73 Å². The molecule has 3 heteroatoms. The van der Waals surface area contributed by atoms with Crippen molar-refractivity contribution in [1.29, 1.82) is 0 Å². The monoisotopic (exact) mass is 265 g/mol. The molecule has 0 unspecified atom stereocenters. The minimum Gasteiger partial charge on any atom is -0.320 e. The molecule has 102 valence electrons. The Morgan fingerprint density at radius 2 is 1.65 bits per heavy atom. The number of aromatic nitrogens is 2. The van der Waals surface area contributed by atoms with Crippen molar-refractivity contribution >= 4 is 10.9 Å². The van der Waals surface area contributed by atoms with Gasteiger partial charge in [-0.3, -0.25) is 4.68 Å². The predicted octanol–water partition coefficient (Wildman–Crippen LogP) is 3.28. The van der Waals surface area contributed by atoms with E-state index in [-0.39, 0.29) is 0 Å². The van der Waals surface area contributed by atoms with Crippen LogP contribution in [0.3, 0.4) is 0 Å². The van der Waals surface area contributed by atoms with Crippen LogP contribution in [0.1, 0.15) is 25.1 Å². The van der Waals surface area contributed by atoms with E-state index in [1.165, 1.54) is 5.56 Å². The number of rotatable bonds is 3. The van der Waals surface area contributed by atoms with Crippen LogP contribution in [0.2, 0.25) is 0 Å². The zero-order chi connectivity index (χ0) is 14.2. The van der Waals surface area contributed by atoms with E-state index < -0.39 is 5.54 Å². The molecule has 0 aliphatic rings. The summed E-state index contributed by atoms with van der Waals surface area (Å²) in [5.74, 6) is 0. The van der Waals surface area contributed by atoms with Crippen LogP contribution in [0.5, 0.6) is 0 Å². The highest BCUT2D eigenvalue weighted by Gasteiger charge is 2.22. The SMILES string of the molecule is CC(C)(N)c1nn(Cc2ccccc2)c2ccccc12. The third-order valence-corrected chi connectivity index (χ3v) is 3.44. The first-order chi connectivity index (χ1) is 9.55. The lowest BCUT2D eigenvalue weighted by Crippen LogP contribution is -2.29. The first-order valence-corrected chi connectivity index (χ1v) is 6.84. The van der Waals surface area contributed by atoms with E-state index in [2.05, 4.69) is 36.4 Å². The molecule has 0 saturated heterocycles. The summed E-state index contributed by atoms with van der Waals surface area (Å²) in [6.45, 7) is 4.75. The van der Waals surface area contributed by atoms with Crippen molar-refractivity contribution in [3.05, 3.63) is 65.9 Å². The van der Waals surface area contributed by atoms with Gasteiger partial charge in [0.2, 0.25) is 0 Å². The molecule has 0 fully saturated rings. The molecule has 2 aromatic carbocycles. The molecule has 3 aromatic rings. The molecule has 1 heterocycles. The second-order valence-corrected chi connectivity index (χ2v) is 5.73. The molecule has 0 amide bonds. The quantitative estimate of drug-likeness (QED) is 0.789. The van der Waals surface area contributed by atoms with Gasteiger partial charge in [-0.2, -0.15) is 5.10 Å². The Balaban J connectivity index is 2.12. The minimum absolute atomic E-state index is 0.443. The van der Waals surface area contributed by atoms with Crippen LogP contribution in [-0.4, -0.2) is 9.78 Å². The molecule has 0 atom stereocenters. The number of hydrogen-bond acceptors (Lipinski definition) is 2. The second-order valence-electron chi connectivity index (χ2n) is 5.73. The maximum Gasteiger partial charge on any atom is 0.0896 e. The molecular formula is C17H19N3. The summed E-state index contributed by atoms with van der Waals surface area (Å²) in [7, 11) is 0. The third kappa shape index (κ3) is 2.32. The van der Waals surface area contributed by atoms with Crippen LogP contribution in [0, 0.1) is 0 Å². The van der Waals surface area contributed by atoms with Crippen molar-refractivity contribution in [1.82, 2.24) is 9.78 Å². The largest absolute Gasteiger partial charge is 0.320 e. The fraction of sp³-hybridized carbons (Fsp3) is 0.235. The zero-order valence-electron chi connectivity index (χ0n) is 11.9. The lowest BCUT2D eigenvalue weighted by molar-refractivity contribution is 0.522. The topological polar surface area (TPSA) is 43.8 Å². The molecule has 0 aliphatic heterocycles. The summed E-state index contributed by atoms with van der Waals surface area (Å²) in [5, 5.41) is 5.88. The molecule has 3 rings (SSSR count). The molecule has 0 aliphatic carbocycles. The molecule has 0 spiro atoms. The first kappa shape index (κ1) is 12.9. The first-order valence-electron chi connectivity index (χ1n) is 6.84. The average Bonchev–Trinajstić information content (AvgIpc) is 2.79. The molecule has 2 N–H and O–H groups in total. The van der Waals surface area contributed by atoms with Crippen LogP contribution in [0.4, 0.5) is 0 Å². The summed E-state index contributed by atoms with van der Waals surface area (Å²) in [4.78, 5) is 0. The lowest BCUT2D eigenvalue weighted by atomic mass is 9.99. The molecule has 0 saturated carbocycles. The smallest absolute Gasteiger partial charge is 0.0896 e. The van der Waals surface area contributed by atoms with Crippen LogP contribution in [0.15, 0.2) is 54.6 Å². The summed E-state index contributed by atoms with van der Waals surface area (Å²) in [5.41, 5.74) is 9.13. The number of nitrogens with two attached hydrogens (primary N) is 1. The van der Waals surface area contributed by atoms with Crippen LogP contribution in [-0.2, 0) is 12.1 Å². The number of fused-ring (bicyclic) bond motifs is 1. The zero-order valence-corrected chi connectivity index (χ0v) is 11.9. The molecule has 20 heavy (non-hydrogen) atoms. The maximum atomic E-state index is 6.25. The van der Waals surface area contributed by atoms with Crippen LogP contribution < -0.4 is 5.73 Å². The van der Waals surface area contributed by atoms with Gasteiger partial charge in [-0.25, -0.2) is 0 Å². The van der Waals surface area contributed by atoms with E-state index in [1.54, 1.807) is 0 Å². The van der Waals surface area contributed by atoms with Crippen molar-refractivity contribution in [2.45, 2.75) is 25.9 Å². The van der Waals surface area contributed by atoms with Gasteiger partial charge in [-0.05, 0) is 25.5 Å². The minimum atomic E-state index is -0.443. The van der Waals surface area contributed by atoms with Crippen molar-refractivity contribution < 1.29 is 0 Å². The lowest BCUT2D eigenvalue weighted by Gasteiger charge is -2.15. The standard InChI is InChI=1S/C17H19N3/c1-17(2,18)16-14-10-6-7-11-15(14)20(19-16)12-13-8-4-3-5-9-13/h3-11H,12,18H2,1-2H3. The number of hydrogen-bond donors (Lipinski definition) is 1. The van der Waals surface area contributed by atoms with E-state index in [0.29, 0.717) is 0 Å². The van der Waals surface area contributed by atoms with E-state index in [0.717, 1.165) is 23.1 Å². The van der Waals surface area contributed by atoms with E-state index in [9.17, 15) is 0 Å². The summed E-state index contributed by atoms with van der Waals surface area (Å²) >= 11 is 0. The van der Waals surface area contributed by atoms with Crippen LogP contribution >= 0.6 is 0 Å². The number of benzene rings is 2. The summed E-state index contributed by atoms with van der Waals surface area (Å²) in [6, 6.07) is 18.6. The van der Waals surface area contributed by atoms with Gasteiger partial charge in [0, 0.05) is 5.39 Å². The summed E-state index contributed by atoms with van der Waals surface area (Å²) < 4.78 is 2.04. The van der Waals surface area contributed by atoms with E-state index in [1.807, 2.05) is 36.7 Å². The Kier molecular flexibility index (Phi) is 3.07. The summed E-state index contributed by atoms with van der Waals surface area (Å²) in [6.07, 6.45) is 0. The van der Waals surface area contributed by atoms with Crippen molar-refractivity contribution in [3.63, 3.8) is 0 Å². The number of para-hydroxylation sites is 1. The van der Waals surface area contributed by atoms with Gasteiger partial charge in [0.05, 0.1) is 23.3 Å². The average molecular weight is 265 g/mol. The van der Waals surface area contributed by atoms with Gasteiger partial charge in [0.1, 0.15) is 0 Å². The Morgan fingerprint density at radius 1 is 1.00 bits per heavy atom. The van der Waals surface area contributed by atoms with Crippen LogP contribution in [0.25, 0.3) is 10.9 Å². The molecule has 1 aromatic heterocycles. The predicted molar refractivity (Wildman–Crippen MR) is 82.5 cm³/mol. The Bertz CT molecular complexity index is 721. The second kappa shape index (κ2) is 4.76. The Hall–Kier alpha value is -2.13. The number of nitrogens with zero attached hydrogens (tertiary/aromatic N) is 2. The highest BCUT2D eigenvalue weighted by Crippen LogP contribution is 2.26. The van der Waals surface area contributed by atoms with Gasteiger partial charge in [-0.1, -0.05) is 48.5 Å². The van der Waals surface area contributed by atoms with Gasteiger partial charge in [0.15, 0.2) is 0 Å². The van der Waals surface area contributed by atoms with Crippen molar-refractivity contribution in [3.8, 4) is 0 Å². The third-order valence-electron chi connectivity index (χ3n) is 3.44. The van der Waals surface area contributed by atoms with Crippen molar-refractivity contribution in [2.75, 3.05) is 0 Å². The molecular weight excluding hydrogens is 246 g/mol. The fourth-order valence-corrected chi connectivity index (χ4v) is 2.48. The Morgan fingerprint density at radius 3 is 2.35 bits per heavy atom. The Labute approximate surface area is 119 Å². The van der Waals surface area contributed by atoms with Gasteiger partial charge >= 0.3 is 0 Å². The molecule has 0 radical (unpaired) electrons. The van der Waals surface area contributed by atoms with Gasteiger partial charge in [0.25, 0.3) is 0 Å². The van der Waals surface area contributed by atoms with Gasteiger partial charge in [-0.15, -0.1) is 0 Å². The van der Waals surface area contributed by atoms with E-state index >= 15 is 0 Å². The highest BCUT2D eigenvalue weighted by atomic mass is 15.3. The fourth-order valence-electron chi connectivity index (χ4n) is 2.48. The van der Waals surface area contributed by atoms with E-state index in [4.69, 9.17) is 10.8 Å². The molecule has 3 nitrogen and oxygen atoms in total. The highest BCUT2D eigenvalue weighted by molar-refractivity contribution is 5.82. The molecule has 0 bridgehead atoms. The van der Waals surface area contributed by atoms with Crippen molar-refractivity contribution in [2.24, 2.45) is 5.73 Å².